The van der Waals surface area contributed by atoms with E-state index in [9.17, 15) is 4.79 Å². The topological polar surface area (TPSA) is 26.3 Å². The summed E-state index contributed by atoms with van der Waals surface area (Å²) >= 11 is 0. The Morgan fingerprint density at radius 1 is 1.36 bits per heavy atom. The van der Waals surface area contributed by atoms with Gasteiger partial charge in [-0.15, -0.1) is 0 Å². The van der Waals surface area contributed by atoms with E-state index >= 15 is 0 Å². The van der Waals surface area contributed by atoms with E-state index < -0.39 is 0 Å². The number of hydrogen-bond acceptors (Lipinski definition) is 2. The Hall–Kier alpha value is -0.790. The third-order valence-electron chi connectivity index (χ3n) is 1.98. The summed E-state index contributed by atoms with van der Waals surface area (Å²) in [5.41, 5.74) is 1.35. The van der Waals surface area contributed by atoms with Gasteiger partial charge < -0.3 is 4.74 Å². The highest BCUT2D eigenvalue weighted by Crippen LogP contribution is 2.22. The van der Waals surface area contributed by atoms with Crippen molar-refractivity contribution in [3.8, 4) is 0 Å². The third-order valence-corrected chi connectivity index (χ3v) is 1.98. The Kier molecular flexibility index (Phi) is 5.51. The fourth-order valence-electron chi connectivity index (χ4n) is 0.917. The molecule has 2 heteroatoms. The van der Waals surface area contributed by atoms with Crippen molar-refractivity contribution in [3.63, 3.8) is 0 Å². The van der Waals surface area contributed by atoms with Crippen molar-refractivity contribution in [2.75, 3.05) is 6.61 Å². The van der Waals surface area contributed by atoms with E-state index in [1.165, 1.54) is 5.57 Å². The van der Waals surface area contributed by atoms with Gasteiger partial charge in [-0.25, -0.2) is 0 Å². The van der Waals surface area contributed by atoms with Crippen LogP contribution in [0.3, 0.4) is 0 Å². The number of hydrogen-bond donors (Lipinski definition) is 0. The van der Waals surface area contributed by atoms with Crippen molar-refractivity contribution in [2.24, 2.45) is 5.41 Å². The van der Waals surface area contributed by atoms with E-state index in [2.05, 4.69) is 33.8 Å². The number of carbonyl (C=O) groups is 1. The van der Waals surface area contributed by atoms with Crippen molar-refractivity contribution in [1.82, 2.24) is 0 Å². The Labute approximate surface area is 87.3 Å². The minimum atomic E-state index is -0.115. The fourth-order valence-corrected chi connectivity index (χ4v) is 0.917. The molecule has 0 aromatic rings. The predicted octanol–water partition coefficient (Wildman–Crippen LogP) is 3.32. The van der Waals surface area contributed by atoms with Crippen LogP contribution < -0.4 is 0 Å². The summed E-state index contributed by atoms with van der Waals surface area (Å²) in [4.78, 5) is 11.0. The molecule has 0 heterocycles. The van der Waals surface area contributed by atoms with E-state index in [-0.39, 0.29) is 11.4 Å². The zero-order valence-corrected chi connectivity index (χ0v) is 10.0. The van der Waals surface area contributed by atoms with Crippen molar-refractivity contribution in [2.45, 2.75) is 47.5 Å². The first-order chi connectivity index (χ1) is 6.37. The van der Waals surface area contributed by atoms with Gasteiger partial charge in [0, 0.05) is 11.8 Å². The summed E-state index contributed by atoms with van der Waals surface area (Å²) in [6.45, 7) is 10.7. The van der Waals surface area contributed by atoms with Crippen LogP contribution in [0.25, 0.3) is 0 Å². The van der Waals surface area contributed by atoms with Crippen LogP contribution in [0, 0.1) is 5.41 Å². The number of allylic oxidation sites excluding steroid dienone is 2. The first kappa shape index (κ1) is 13.2. The van der Waals surface area contributed by atoms with Crippen LogP contribution in [-0.2, 0) is 9.53 Å². The molecular weight excluding hydrogens is 176 g/mol. The predicted molar refractivity (Wildman–Crippen MR) is 59.1 cm³/mol. The van der Waals surface area contributed by atoms with Crippen molar-refractivity contribution in [3.05, 3.63) is 11.6 Å². The maximum atomic E-state index is 11.0. The molecule has 0 radical (unpaired) electrons. The van der Waals surface area contributed by atoms with Gasteiger partial charge in [0.15, 0.2) is 0 Å². The summed E-state index contributed by atoms with van der Waals surface area (Å²) in [7, 11) is 0. The van der Waals surface area contributed by atoms with E-state index in [0.29, 0.717) is 13.0 Å². The molecule has 0 bridgehead atoms. The first-order valence-corrected chi connectivity index (χ1v) is 5.16. The number of esters is 1. The van der Waals surface area contributed by atoms with E-state index in [1.54, 1.807) is 0 Å². The van der Waals surface area contributed by atoms with Crippen LogP contribution in [0.4, 0.5) is 0 Å². The average Bonchev–Trinajstić information content (AvgIpc) is 2.11. The molecule has 0 unspecified atom stereocenters. The normalized spacial score (nSPS) is 10.9. The fraction of sp³-hybridized carbons (Fsp3) is 0.750. The molecule has 2 nitrogen and oxygen atoms in total. The zero-order chi connectivity index (χ0) is 11.2. The molecule has 0 aromatic carbocycles. The second kappa shape index (κ2) is 5.84. The number of carbonyl (C=O) groups excluding carboxylic acids is 1. The molecule has 0 atom stereocenters. The monoisotopic (exact) mass is 198 g/mol. The van der Waals surface area contributed by atoms with Crippen molar-refractivity contribution >= 4 is 5.97 Å². The number of rotatable bonds is 5. The average molecular weight is 198 g/mol. The summed E-state index contributed by atoms with van der Waals surface area (Å²) in [6.07, 6.45) is 3.59. The van der Waals surface area contributed by atoms with Gasteiger partial charge in [-0.05, 0) is 20.3 Å². The standard InChI is InChI=1S/C12H22O2/c1-6-11(13)14-9-12(4,5)8-7-10(2)3/h7H,6,8-9H2,1-5H3. The molecule has 0 saturated heterocycles. The Balaban J connectivity index is 3.95. The van der Waals surface area contributed by atoms with Gasteiger partial charge in [0.2, 0.25) is 0 Å². The first-order valence-electron chi connectivity index (χ1n) is 5.16. The van der Waals surface area contributed by atoms with Gasteiger partial charge in [0.1, 0.15) is 0 Å². The molecule has 0 spiro atoms. The zero-order valence-electron chi connectivity index (χ0n) is 10.0. The summed E-state index contributed by atoms with van der Waals surface area (Å²) in [6, 6.07) is 0. The quantitative estimate of drug-likeness (QED) is 0.500. The van der Waals surface area contributed by atoms with Crippen LogP contribution in [0.1, 0.15) is 47.5 Å². The van der Waals surface area contributed by atoms with Crippen molar-refractivity contribution < 1.29 is 9.53 Å². The molecule has 0 aliphatic rings. The van der Waals surface area contributed by atoms with Gasteiger partial charge in [-0.2, -0.15) is 0 Å². The lowest BCUT2D eigenvalue weighted by molar-refractivity contribution is -0.146. The highest BCUT2D eigenvalue weighted by molar-refractivity contribution is 5.68. The molecule has 14 heavy (non-hydrogen) atoms. The van der Waals surface area contributed by atoms with Crippen LogP contribution in [-0.4, -0.2) is 12.6 Å². The molecule has 0 fully saturated rings. The second-order valence-electron chi connectivity index (χ2n) is 4.66. The van der Waals surface area contributed by atoms with E-state index in [4.69, 9.17) is 4.74 Å². The molecular formula is C12H22O2. The Bertz CT molecular complexity index is 210. The maximum Gasteiger partial charge on any atom is 0.305 e. The van der Waals surface area contributed by atoms with Crippen LogP contribution in [0.15, 0.2) is 11.6 Å². The molecule has 0 amide bonds. The maximum absolute atomic E-state index is 11.0. The highest BCUT2D eigenvalue weighted by atomic mass is 16.5. The Morgan fingerprint density at radius 3 is 2.36 bits per heavy atom. The summed E-state index contributed by atoms with van der Waals surface area (Å²) in [5, 5.41) is 0. The molecule has 0 aromatic heterocycles. The Morgan fingerprint density at radius 2 is 1.93 bits per heavy atom. The lowest BCUT2D eigenvalue weighted by Crippen LogP contribution is -2.21. The van der Waals surface area contributed by atoms with E-state index in [0.717, 1.165) is 6.42 Å². The largest absolute Gasteiger partial charge is 0.465 e. The van der Waals surface area contributed by atoms with Crippen LogP contribution in [0.5, 0.6) is 0 Å². The van der Waals surface area contributed by atoms with Gasteiger partial charge in [0.25, 0.3) is 0 Å². The molecule has 0 aliphatic heterocycles. The SMILES string of the molecule is CCC(=O)OCC(C)(C)CC=C(C)C. The van der Waals surface area contributed by atoms with Gasteiger partial charge in [-0.3, -0.25) is 4.79 Å². The minimum Gasteiger partial charge on any atom is -0.465 e. The summed E-state index contributed by atoms with van der Waals surface area (Å²) < 4.78 is 5.12. The van der Waals surface area contributed by atoms with Gasteiger partial charge >= 0.3 is 5.97 Å². The molecule has 0 N–H and O–H groups in total. The summed E-state index contributed by atoms with van der Waals surface area (Å²) in [5.74, 6) is -0.115. The van der Waals surface area contributed by atoms with Crippen LogP contribution >= 0.6 is 0 Å². The van der Waals surface area contributed by atoms with Gasteiger partial charge in [-0.1, -0.05) is 32.4 Å². The molecule has 0 rings (SSSR count). The van der Waals surface area contributed by atoms with Crippen molar-refractivity contribution in [1.29, 1.82) is 0 Å². The third kappa shape index (κ3) is 6.70. The minimum absolute atomic E-state index is 0.0437. The molecule has 0 saturated carbocycles. The smallest absolute Gasteiger partial charge is 0.305 e. The van der Waals surface area contributed by atoms with Crippen LogP contribution in [0.2, 0.25) is 0 Å². The molecule has 0 aliphatic carbocycles. The molecule has 82 valence electrons. The van der Waals surface area contributed by atoms with Gasteiger partial charge in [0.05, 0.1) is 6.61 Å². The lowest BCUT2D eigenvalue weighted by atomic mass is 9.89. The van der Waals surface area contributed by atoms with E-state index in [1.807, 2.05) is 6.92 Å². The second-order valence-corrected chi connectivity index (χ2v) is 4.66. The lowest BCUT2D eigenvalue weighted by Gasteiger charge is -2.22. The highest BCUT2D eigenvalue weighted by Gasteiger charge is 2.18. The number of ether oxygens (including phenoxy) is 1.